The van der Waals surface area contributed by atoms with E-state index in [1.54, 1.807) is 23.1 Å². The molecule has 0 radical (unpaired) electrons. The third kappa shape index (κ3) is 4.03. The maximum Gasteiger partial charge on any atom is 0.305 e. The summed E-state index contributed by atoms with van der Waals surface area (Å²) in [7, 11) is -3.84. The van der Waals surface area contributed by atoms with E-state index < -0.39 is 21.9 Å². The fourth-order valence-corrected chi connectivity index (χ4v) is 11.6. The highest BCUT2D eigenvalue weighted by Gasteiger charge is 2.69. The van der Waals surface area contributed by atoms with Gasteiger partial charge in [0.1, 0.15) is 0 Å². The van der Waals surface area contributed by atoms with Crippen LogP contribution < -0.4 is 15.3 Å². The number of carbonyl (C=O) groups excluding carboxylic acids is 3. The van der Waals surface area contributed by atoms with Gasteiger partial charge in [0, 0.05) is 39.6 Å². The number of H-pyrrole nitrogens is 1. The Bertz CT molecular complexity index is 1700. The van der Waals surface area contributed by atoms with Crippen LogP contribution in [0.15, 0.2) is 56.5 Å². The van der Waals surface area contributed by atoms with Crippen LogP contribution in [0.3, 0.4) is 0 Å². The fourth-order valence-electron chi connectivity index (χ4n) is 7.25. The van der Waals surface area contributed by atoms with Gasteiger partial charge < -0.3 is 10.3 Å². The summed E-state index contributed by atoms with van der Waals surface area (Å²) in [5, 5.41) is 10.8. The SMILES string of the molecule is NS(=O)(=O)c1ccc(NC(=O)CCN2C(=O)C3C4CC(C3C2=O)C2C(c3cccs3)c3sc(=O)[nH]c3SC42)cc1. The van der Waals surface area contributed by atoms with Crippen LogP contribution in [0.2, 0.25) is 0 Å². The highest BCUT2D eigenvalue weighted by atomic mass is 32.2. The van der Waals surface area contributed by atoms with Crippen LogP contribution in [0.4, 0.5) is 5.69 Å². The Kier molecular flexibility index (Phi) is 6.13. The van der Waals surface area contributed by atoms with E-state index in [1.165, 1.54) is 45.4 Å². The maximum absolute atomic E-state index is 13.7. The first-order valence-electron chi connectivity index (χ1n) is 12.8. The number of thiophene rings is 1. The Balaban J connectivity index is 1.08. The molecule has 3 aromatic rings. The number of aromatic nitrogens is 1. The summed E-state index contributed by atoms with van der Waals surface area (Å²) >= 11 is 4.56. The maximum atomic E-state index is 13.7. The number of nitrogens with one attached hydrogen (secondary N) is 2. The van der Waals surface area contributed by atoms with Gasteiger partial charge in [0.2, 0.25) is 27.7 Å². The van der Waals surface area contributed by atoms with Crippen molar-refractivity contribution in [3.63, 3.8) is 0 Å². The number of hydrogen-bond acceptors (Lipinski definition) is 9. The van der Waals surface area contributed by atoms with E-state index in [0.717, 1.165) is 16.3 Å². The number of hydrogen-bond donors (Lipinski definition) is 3. The molecule has 2 aromatic heterocycles. The number of anilines is 1. The minimum absolute atomic E-state index is 0.0112. The van der Waals surface area contributed by atoms with Crippen LogP contribution in [0.25, 0.3) is 0 Å². The van der Waals surface area contributed by atoms with Gasteiger partial charge in [-0.25, -0.2) is 13.6 Å². The van der Waals surface area contributed by atoms with Crippen molar-refractivity contribution in [2.24, 2.45) is 34.7 Å². The monoisotopic (exact) mass is 616 g/mol. The molecule has 4 aliphatic rings. The summed E-state index contributed by atoms with van der Waals surface area (Å²) in [6.07, 6.45) is 0.750. The standard InChI is InChI=1S/C26H24N4O6S4/c27-40(35,36)12-5-3-11(4-6-12)28-16(31)7-8-30-24(32)18-13-10-14(19(18)25(30)33)21-17(13)20(15-2-1-9-37-15)22-23(38-21)29-26(34)39-22/h1-6,9,13-14,17-21H,7-8,10H2,(H,28,31)(H,29,34)(H2,27,35,36). The van der Waals surface area contributed by atoms with Crippen LogP contribution in [-0.2, 0) is 24.4 Å². The highest BCUT2D eigenvalue weighted by molar-refractivity contribution is 8.00. The molecule has 0 spiro atoms. The molecule has 4 heterocycles. The van der Waals surface area contributed by atoms with Gasteiger partial charge in [-0.2, -0.15) is 0 Å². The molecule has 1 aromatic carbocycles. The number of likely N-dealkylation sites (tertiary alicyclic amines) is 1. The average molecular weight is 617 g/mol. The first-order chi connectivity index (χ1) is 19.1. The van der Waals surface area contributed by atoms with Crippen molar-refractivity contribution < 1.29 is 22.8 Å². The van der Waals surface area contributed by atoms with E-state index in [0.29, 0.717) is 5.69 Å². The smallest absolute Gasteiger partial charge is 0.305 e. The molecule has 10 nitrogen and oxygen atoms in total. The molecule has 4 N–H and O–H groups in total. The van der Waals surface area contributed by atoms with Crippen molar-refractivity contribution in [2.75, 3.05) is 11.9 Å². The van der Waals surface area contributed by atoms with Gasteiger partial charge >= 0.3 is 4.87 Å². The van der Waals surface area contributed by atoms with Gasteiger partial charge in [0.15, 0.2) is 0 Å². The average Bonchev–Trinajstić information content (AvgIpc) is 3.71. The second-order valence-corrected chi connectivity index (χ2v) is 15.4. The Hall–Kier alpha value is -2.78. The lowest BCUT2D eigenvalue weighted by Crippen LogP contribution is -2.42. The molecule has 2 bridgehead atoms. The zero-order chi connectivity index (χ0) is 27.9. The van der Waals surface area contributed by atoms with Crippen molar-refractivity contribution >= 4 is 67.9 Å². The van der Waals surface area contributed by atoms with Gasteiger partial charge in [-0.1, -0.05) is 17.4 Å². The number of imide groups is 1. The lowest BCUT2D eigenvalue weighted by atomic mass is 9.69. The predicted molar refractivity (Wildman–Crippen MR) is 151 cm³/mol. The number of nitrogens with two attached hydrogens (primary N) is 1. The summed E-state index contributed by atoms with van der Waals surface area (Å²) in [6.45, 7) is -0.0112. The number of thioether (sulfide) groups is 1. The predicted octanol–water partition coefficient (Wildman–Crippen LogP) is 2.65. The first kappa shape index (κ1) is 26.1. The molecular weight excluding hydrogens is 593 g/mol. The zero-order valence-corrected chi connectivity index (χ0v) is 24.1. The molecule has 1 saturated heterocycles. The molecule has 7 rings (SSSR count). The van der Waals surface area contributed by atoms with Crippen LogP contribution >= 0.6 is 34.4 Å². The molecule has 3 amide bonds. The van der Waals surface area contributed by atoms with Crippen LogP contribution in [0.5, 0.6) is 0 Å². The fraction of sp³-hybridized carbons (Fsp3) is 0.385. The summed E-state index contributed by atoms with van der Waals surface area (Å²) < 4.78 is 22.9. The lowest BCUT2D eigenvalue weighted by molar-refractivity contribution is -0.141. The van der Waals surface area contributed by atoms with Gasteiger partial charge in [-0.15, -0.1) is 23.1 Å². The van der Waals surface area contributed by atoms with Gasteiger partial charge in [0.25, 0.3) is 0 Å². The van der Waals surface area contributed by atoms with E-state index in [-0.39, 0.29) is 69.4 Å². The minimum atomic E-state index is -3.84. The van der Waals surface area contributed by atoms with E-state index in [9.17, 15) is 27.6 Å². The second-order valence-electron chi connectivity index (χ2n) is 10.7. The molecule has 2 saturated carbocycles. The number of carbonyl (C=O) groups is 3. The number of nitrogens with zero attached hydrogens (tertiary/aromatic N) is 1. The van der Waals surface area contributed by atoms with Crippen LogP contribution in [0, 0.1) is 29.6 Å². The van der Waals surface area contributed by atoms with Gasteiger partial charge in [-0.3, -0.25) is 24.1 Å². The third-order valence-corrected chi connectivity index (χ3v) is 13.2. The number of fused-ring (bicyclic) bond motifs is 9. The molecule has 14 heteroatoms. The number of benzene rings is 1. The number of sulfonamides is 1. The first-order valence-corrected chi connectivity index (χ1v) is 16.9. The Morgan fingerprint density at radius 1 is 1.07 bits per heavy atom. The number of aromatic amines is 1. The molecule has 2 aliphatic heterocycles. The summed E-state index contributed by atoms with van der Waals surface area (Å²) in [5.74, 6) is -1.31. The van der Waals surface area contributed by atoms with Crippen molar-refractivity contribution in [3.05, 3.63) is 61.2 Å². The Morgan fingerprint density at radius 2 is 1.80 bits per heavy atom. The molecule has 7 atom stereocenters. The van der Waals surface area contributed by atoms with Crippen molar-refractivity contribution in [1.82, 2.24) is 9.88 Å². The molecule has 3 fully saturated rings. The van der Waals surface area contributed by atoms with Gasteiger partial charge in [-0.05, 0) is 59.9 Å². The van der Waals surface area contributed by atoms with Crippen LogP contribution in [-0.4, -0.2) is 47.8 Å². The Morgan fingerprint density at radius 3 is 2.48 bits per heavy atom. The van der Waals surface area contributed by atoms with Crippen molar-refractivity contribution in [2.45, 2.75) is 33.9 Å². The summed E-state index contributed by atoms with van der Waals surface area (Å²) in [6, 6.07) is 9.56. The quantitative estimate of drug-likeness (QED) is 0.359. The van der Waals surface area contributed by atoms with E-state index in [2.05, 4.69) is 16.4 Å². The summed E-state index contributed by atoms with van der Waals surface area (Å²) in [5.41, 5.74) is 0.387. The van der Waals surface area contributed by atoms with E-state index >= 15 is 0 Å². The number of amides is 3. The molecule has 208 valence electrons. The highest BCUT2D eigenvalue weighted by Crippen LogP contribution is 2.68. The minimum Gasteiger partial charge on any atom is -0.326 e. The van der Waals surface area contributed by atoms with Crippen LogP contribution in [0.1, 0.15) is 28.5 Å². The zero-order valence-electron chi connectivity index (χ0n) is 20.8. The topological polar surface area (TPSA) is 159 Å². The largest absolute Gasteiger partial charge is 0.326 e. The van der Waals surface area contributed by atoms with Gasteiger partial charge in [0.05, 0.1) is 21.8 Å². The lowest BCUT2D eigenvalue weighted by Gasteiger charge is -2.42. The van der Waals surface area contributed by atoms with Crippen molar-refractivity contribution in [3.8, 4) is 0 Å². The third-order valence-electron chi connectivity index (χ3n) is 8.69. The molecule has 40 heavy (non-hydrogen) atoms. The van der Waals surface area contributed by atoms with Crippen molar-refractivity contribution in [1.29, 1.82) is 0 Å². The molecular formula is C26H24N4O6S4. The Labute approximate surface area is 241 Å². The second kappa shape index (κ2) is 9.38. The molecule has 2 aliphatic carbocycles. The molecule has 7 unspecified atom stereocenters. The number of primary sulfonamides is 1. The normalized spacial score (nSPS) is 30.3. The van der Waals surface area contributed by atoms with E-state index in [4.69, 9.17) is 5.14 Å². The number of thiazole rings is 1. The van der Waals surface area contributed by atoms with E-state index in [1.807, 2.05) is 11.4 Å². The number of rotatable bonds is 6. The summed E-state index contributed by atoms with van der Waals surface area (Å²) in [4.78, 5) is 58.5.